The fourth-order valence-electron chi connectivity index (χ4n) is 1.55. The van der Waals surface area contributed by atoms with E-state index in [4.69, 9.17) is 21.6 Å². The van der Waals surface area contributed by atoms with E-state index in [-0.39, 0.29) is 0 Å². The Morgan fingerprint density at radius 1 is 1.47 bits per heavy atom. The van der Waals surface area contributed by atoms with Crippen molar-refractivity contribution in [2.75, 3.05) is 13.4 Å². The number of thioether (sulfide) groups is 1. The number of pyridine rings is 1. The zero-order valence-corrected chi connectivity index (χ0v) is 10.9. The van der Waals surface area contributed by atoms with Crippen LogP contribution in [0.25, 0.3) is 10.9 Å². The van der Waals surface area contributed by atoms with Crippen molar-refractivity contribution in [3.05, 3.63) is 28.8 Å². The standard InChI is InChI=1S/C12H9ClN2OS/c1-16-7-3-4-8-10(5-7)15-12(17-2)9(6-14)11(8)13/h3-5H,1-2H3. The number of benzene rings is 1. The SMILES string of the molecule is COc1ccc2c(Cl)c(C#N)c(SC)nc2c1. The smallest absolute Gasteiger partial charge is 0.121 e. The van der Waals surface area contributed by atoms with Crippen molar-refractivity contribution in [1.82, 2.24) is 4.98 Å². The highest BCUT2D eigenvalue weighted by Crippen LogP contribution is 2.33. The Morgan fingerprint density at radius 2 is 2.24 bits per heavy atom. The van der Waals surface area contributed by atoms with Crippen molar-refractivity contribution >= 4 is 34.3 Å². The predicted molar refractivity (Wildman–Crippen MR) is 69.8 cm³/mol. The van der Waals surface area contributed by atoms with Crippen LogP contribution in [0, 0.1) is 11.3 Å². The fraction of sp³-hybridized carbons (Fsp3) is 0.167. The summed E-state index contributed by atoms with van der Waals surface area (Å²) in [5.41, 5.74) is 1.16. The summed E-state index contributed by atoms with van der Waals surface area (Å²) in [6.07, 6.45) is 1.87. The lowest BCUT2D eigenvalue weighted by Crippen LogP contribution is -1.92. The van der Waals surface area contributed by atoms with Gasteiger partial charge in [-0.1, -0.05) is 11.6 Å². The van der Waals surface area contributed by atoms with Crippen molar-refractivity contribution in [3.8, 4) is 11.8 Å². The molecule has 0 aliphatic heterocycles. The molecule has 3 nitrogen and oxygen atoms in total. The highest BCUT2D eigenvalue weighted by atomic mass is 35.5. The summed E-state index contributed by atoms with van der Waals surface area (Å²) in [6, 6.07) is 7.51. The molecule has 0 atom stereocenters. The third kappa shape index (κ3) is 2.04. The minimum absolute atomic E-state index is 0.428. The molecule has 0 spiro atoms. The zero-order chi connectivity index (χ0) is 12.4. The first kappa shape index (κ1) is 12.0. The molecular formula is C12H9ClN2OS. The molecule has 0 aliphatic carbocycles. The average Bonchev–Trinajstić information content (AvgIpc) is 2.37. The van der Waals surface area contributed by atoms with Crippen LogP contribution in [0.1, 0.15) is 5.56 Å². The number of methoxy groups -OCH3 is 1. The van der Waals surface area contributed by atoms with Crippen LogP contribution in [0.5, 0.6) is 5.75 Å². The van der Waals surface area contributed by atoms with Crippen LogP contribution in [0.3, 0.4) is 0 Å². The largest absolute Gasteiger partial charge is 0.497 e. The molecule has 5 heteroatoms. The Bertz CT molecular complexity index is 622. The molecule has 0 saturated carbocycles. The van der Waals surface area contributed by atoms with E-state index in [1.165, 1.54) is 11.8 Å². The summed E-state index contributed by atoms with van der Waals surface area (Å²) >= 11 is 7.61. The summed E-state index contributed by atoms with van der Waals surface area (Å²) < 4.78 is 5.14. The first-order valence-corrected chi connectivity index (χ1v) is 6.43. The van der Waals surface area contributed by atoms with Gasteiger partial charge < -0.3 is 4.74 Å². The molecule has 0 aliphatic rings. The molecule has 86 valence electrons. The van der Waals surface area contributed by atoms with Crippen LogP contribution in [0.4, 0.5) is 0 Å². The van der Waals surface area contributed by atoms with E-state index < -0.39 is 0 Å². The highest BCUT2D eigenvalue weighted by molar-refractivity contribution is 7.98. The molecule has 2 rings (SSSR count). The number of rotatable bonds is 2. The molecule has 0 radical (unpaired) electrons. The maximum atomic E-state index is 9.08. The van der Waals surface area contributed by atoms with E-state index in [1.807, 2.05) is 18.4 Å². The lowest BCUT2D eigenvalue weighted by atomic mass is 10.1. The van der Waals surface area contributed by atoms with Gasteiger partial charge in [0.25, 0.3) is 0 Å². The number of ether oxygens (including phenoxy) is 1. The van der Waals surface area contributed by atoms with Crippen LogP contribution < -0.4 is 4.74 Å². The lowest BCUT2D eigenvalue weighted by molar-refractivity contribution is 0.415. The van der Waals surface area contributed by atoms with E-state index in [2.05, 4.69) is 11.1 Å². The van der Waals surface area contributed by atoms with Crippen LogP contribution in [0.15, 0.2) is 23.2 Å². The molecule has 1 aromatic heterocycles. The maximum absolute atomic E-state index is 9.08. The van der Waals surface area contributed by atoms with Crippen LogP contribution in [-0.4, -0.2) is 18.3 Å². The molecular weight excluding hydrogens is 256 g/mol. The van der Waals surface area contributed by atoms with Crippen molar-refractivity contribution in [3.63, 3.8) is 0 Å². The molecule has 2 aromatic rings. The number of fused-ring (bicyclic) bond motifs is 1. The Balaban J connectivity index is 2.81. The predicted octanol–water partition coefficient (Wildman–Crippen LogP) is 3.49. The van der Waals surface area contributed by atoms with Crippen LogP contribution in [-0.2, 0) is 0 Å². The highest BCUT2D eigenvalue weighted by Gasteiger charge is 2.13. The number of halogens is 1. The van der Waals surface area contributed by atoms with Gasteiger partial charge in [-0.05, 0) is 18.4 Å². The zero-order valence-electron chi connectivity index (χ0n) is 9.32. The molecule has 0 unspecified atom stereocenters. The summed E-state index contributed by atoms with van der Waals surface area (Å²) in [5, 5.41) is 10.9. The second-order valence-electron chi connectivity index (χ2n) is 3.30. The second-order valence-corrected chi connectivity index (χ2v) is 4.48. The second kappa shape index (κ2) is 4.82. The van der Waals surface area contributed by atoms with Gasteiger partial charge in [0.15, 0.2) is 0 Å². The number of aromatic nitrogens is 1. The molecule has 0 bridgehead atoms. The first-order chi connectivity index (χ1) is 8.21. The topological polar surface area (TPSA) is 45.9 Å². The third-order valence-electron chi connectivity index (χ3n) is 2.40. The van der Waals surface area contributed by atoms with E-state index in [0.717, 1.165) is 16.7 Å². The quantitative estimate of drug-likeness (QED) is 0.779. The van der Waals surface area contributed by atoms with Crippen molar-refractivity contribution in [1.29, 1.82) is 5.26 Å². The van der Waals surface area contributed by atoms with Gasteiger partial charge in [0.05, 0.1) is 17.6 Å². The van der Waals surface area contributed by atoms with Gasteiger partial charge in [0.2, 0.25) is 0 Å². The molecule has 0 amide bonds. The van der Waals surface area contributed by atoms with Gasteiger partial charge in [0, 0.05) is 11.5 Å². The van der Waals surface area contributed by atoms with Crippen molar-refractivity contribution < 1.29 is 4.74 Å². The molecule has 0 fully saturated rings. The Hall–Kier alpha value is -1.44. The normalized spacial score (nSPS) is 10.2. The molecule has 17 heavy (non-hydrogen) atoms. The van der Waals surface area contributed by atoms with Gasteiger partial charge in [-0.15, -0.1) is 11.8 Å². The minimum atomic E-state index is 0.428. The van der Waals surface area contributed by atoms with Gasteiger partial charge in [-0.3, -0.25) is 0 Å². The Morgan fingerprint density at radius 3 is 2.82 bits per heavy atom. The van der Waals surface area contributed by atoms with E-state index >= 15 is 0 Å². The van der Waals surface area contributed by atoms with Crippen molar-refractivity contribution in [2.45, 2.75) is 5.03 Å². The Kier molecular flexibility index (Phi) is 3.41. The summed E-state index contributed by atoms with van der Waals surface area (Å²) in [6.45, 7) is 0. The molecule has 1 heterocycles. The monoisotopic (exact) mass is 264 g/mol. The van der Waals surface area contributed by atoms with Gasteiger partial charge in [-0.2, -0.15) is 5.26 Å². The summed E-state index contributed by atoms with van der Waals surface area (Å²) in [5.74, 6) is 0.720. The molecule has 1 aromatic carbocycles. The Labute approximate surface area is 108 Å². The van der Waals surface area contributed by atoms with E-state index in [0.29, 0.717) is 15.6 Å². The molecule has 0 N–H and O–H groups in total. The average molecular weight is 265 g/mol. The first-order valence-electron chi connectivity index (χ1n) is 4.82. The third-order valence-corrected chi connectivity index (χ3v) is 3.48. The van der Waals surface area contributed by atoms with Gasteiger partial charge >= 0.3 is 0 Å². The number of hydrogen-bond acceptors (Lipinski definition) is 4. The minimum Gasteiger partial charge on any atom is -0.497 e. The van der Waals surface area contributed by atoms with Crippen molar-refractivity contribution in [2.24, 2.45) is 0 Å². The number of nitrogens with zero attached hydrogens (tertiary/aromatic N) is 2. The van der Waals surface area contributed by atoms with E-state index in [1.54, 1.807) is 13.2 Å². The lowest BCUT2D eigenvalue weighted by Gasteiger charge is -2.07. The number of nitriles is 1. The van der Waals surface area contributed by atoms with Crippen LogP contribution in [0.2, 0.25) is 5.02 Å². The molecule has 0 saturated heterocycles. The van der Waals surface area contributed by atoms with Gasteiger partial charge in [-0.25, -0.2) is 4.98 Å². The number of hydrogen-bond donors (Lipinski definition) is 0. The van der Waals surface area contributed by atoms with E-state index in [9.17, 15) is 0 Å². The summed E-state index contributed by atoms with van der Waals surface area (Å²) in [4.78, 5) is 4.41. The van der Waals surface area contributed by atoms with Gasteiger partial charge in [0.1, 0.15) is 22.4 Å². The fourth-order valence-corrected chi connectivity index (χ4v) is 2.44. The van der Waals surface area contributed by atoms with Crippen LogP contribution >= 0.6 is 23.4 Å². The summed E-state index contributed by atoms with van der Waals surface area (Å²) in [7, 11) is 1.60. The maximum Gasteiger partial charge on any atom is 0.121 e.